The van der Waals surface area contributed by atoms with Gasteiger partial charge >= 0.3 is 0 Å². The number of alkyl halides is 1. The molecule has 0 aliphatic carbocycles. The van der Waals surface area contributed by atoms with Crippen LogP contribution >= 0.6 is 15.9 Å². The zero-order valence-electron chi connectivity index (χ0n) is 9.68. The molecule has 0 fully saturated rings. The Balaban J connectivity index is 2.54. The Bertz CT molecular complexity index is 354. The zero-order chi connectivity index (χ0) is 12.1. The lowest BCUT2D eigenvalue weighted by atomic mass is 10.3. The van der Waals surface area contributed by atoms with Gasteiger partial charge in [-0.15, -0.1) is 0 Å². The number of carbonyl (C=O) groups excluding carboxylic acids is 1. The Morgan fingerprint density at radius 1 is 1.75 bits per heavy atom. The van der Waals surface area contributed by atoms with Crippen LogP contribution in [0.15, 0.2) is 12.3 Å². The SMILES string of the molecule is COCC(Br)CN(C)C(=O)c1ccn(C)n1. The van der Waals surface area contributed by atoms with E-state index in [4.69, 9.17) is 4.74 Å². The van der Waals surface area contributed by atoms with Crippen LogP contribution in [0.25, 0.3) is 0 Å². The maximum absolute atomic E-state index is 11.9. The number of methoxy groups -OCH3 is 1. The first kappa shape index (κ1) is 13.2. The number of aryl methyl sites for hydroxylation is 1. The highest BCUT2D eigenvalue weighted by molar-refractivity contribution is 9.09. The summed E-state index contributed by atoms with van der Waals surface area (Å²) in [5.74, 6) is -0.0823. The number of aromatic nitrogens is 2. The highest BCUT2D eigenvalue weighted by Crippen LogP contribution is 2.05. The molecule has 0 saturated carbocycles. The summed E-state index contributed by atoms with van der Waals surface area (Å²) in [5.41, 5.74) is 0.460. The Hall–Kier alpha value is -0.880. The number of rotatable bonds is 5. The third-order valence-electron chi connectivity index (χ3n) is 2.10. The van der Waals surface area contributed by atoms with E-state index in [1.54, 1.807) is 43.1 Å². The molecule has 0 bridgehead atoms. The summed E-state index contributed by atoms with van der Waals surface area (Å²) >= 11 is 3.44. The lowest BCUT2D eigenvalue weighted by molar-refractivity contribution is 0.0777. The Morgan fingerprint density at radius 2 is 2.44 bits per heavy atom. The molecule has 16 heavy (non-hydrogen) atoms. The first-order valence-corrected chi connectivity index (χ1v) is 5.84. The summed E-state index contributed by atoms with van der Waals surface area (Å²) in [6.07, 6.45) is 1.75. The summed E-state index contributed by atoms with van der Waals surface area (Å²) in [6.45, 7) is 1.16. The normalized spacial score (nSPS) is 12.5. The number of carbonyl (C=O) groups is 1. The van der Waals surface area contributed by atoms with Crippen molar-refractivity contribution in [3.63, 3.8) is 0 Å². The fourth-order valence-electron chi connectivity index (χ4n) is 1.34. The van der Waals surface area contributed by atoms with Crippen LogP contribution < -0.4 is 0 Å². The summed E-state index contributed by atoms with van der Waals surface area (Å²) in [5, 5.41) is 4.06. The maximum Gasteiger partial charge on any atom is 0.274 e. The largest absolute Gasteiger partial charge is 0.383 e. The predicted octanol–water partition coefficient (Wildman–Crippen LogP) is 0.902. The third-order valence-corrected chi connectivity index (χ3v) is 2.65. The van der Waals surface area contributed by atoms with Gasteiger partial charge in [-0.25, -0.2) is 0 Å². The average molecular weight is 290 g/mol. The van der Waals surface area contributed by atoms with Crippen molar-refractivity contribution in [2.24, 2.45) is 7.05 Å². The minimum Gasteiger partial charge on any atom is -0.383 e. The minimum atomic E-state index is -0.0823. The first-order chi connectivity index (χ1) is 7.54. The topological polar surface area (TPSA) is 47.4 Å². The van der Waals surface area contributed by atoms with Crippen molar-refractivity contribution in [3.05, 3.63) is 18.0 Å². The Labute approximate surface area is 103 Å². The fraction of sp³-hybridized carbons (Fsp3) is 0.600. The molecule has 1 aromatic heterocycles. The van der Waals surface area contributed by atoms with E-state index in [-0.39, 0.29) is 10.7 Å². The van der Waals surface area contributed by atoms with E-state index in [0.717, 1.165) is 0 Å². The van der Waals surface area contributed by atoms with Gasteiger partial charge in [0, 0.05) is 33.9 Å². The van der Waals surface area contributed by atoms with Gasteiger partial charge in [0.2, 0.25) is 0 Å². The number of halogens is 1. The molecule has 0 N–H and O–H groups in total. The van der Waals surface area contributed by atoms with Crippen molar-refractivity contribution in [2.45, 2.75) is 4.83 Å². The van der Waals surface area contributed by atoms with Gasteiger partial charge in [-0.3, -0.25) is 9.48 Å². The van der Waals surface area contributed by atoms with E-state index < -0.39 is 0 Å². The standard InChI is InChI=1S/C10H16BrN3O2/c1-13(6-8(11)7-16-3)10(15)9-4-5-14(2)12-9/h4-5,8H,6-7H2,1-3H3. The van der Waals surface area contributed by atoms with Gasteiger partial charge in [-0.2, -0.15) is 5.10 Å². The molecule has 0 aliphatic rings. The fourth-order valence-corrected chi connectivity index (χ4v) is 2.04. The number of nitrogens with zero attached hydrogens (tertiary/aromatic N) is 3. The summed E-state index contributed by atoms with van der Waals surface area (Å²) in [6, 6.07) is 1.71. The van der Waals surface area contributed by atoms with Crippen LogP contribution in [0.5, 0.6) is 0 Å². The molecule has 0 aromatic carbocycles. The lowest BCUT2D eigenvalue weighted by Gasteiger charge is -2.19. The van der Waals surface area contributed by atoms with Crippen LogP contribution in [0, 0.1) is 0 Å². The quantitative estimate of drug-likeness (QED) is 0.757. The van der Waals surface area contributed by atoms with Gasteiger partial charge in [0.25, 0.3) is 5.91 Å². The molecule has 1 rings (SSSR count). The van der Waals surface area contributed by atoms with Gasteiger partial charge in [-0.05, 0) is 6.07 Å². The molecular weight excluding hydrogens is 274 g/mol. The predicted molar refractivity (Wildman–Crippen MR) is 64.8 cm³/mol. The van der Waals surface area contributed by atoms with Crippen LogP contribution in [0.3, 0.4) is 0 Å². The van der Waals surface area contributed by atoms with Crippen LogP contribution in [-0.2, 0) is 11.8 Å². The molecule has 1 heterocycles. The molecule has 5 nitrogen and oxygen atoms in total. The second kappa shape index (κ2) is 6.00. The number of ether oxygens (including phenoxy) is 1. The second-order valence-corrected chi connectivity index (χ2v) is 4.91. The minimum absolute atomic E-state index is 0.0823. The van der Waals surface area contributed by atoms with Crippen LogP contribution in [0.1, 0.15) is 10.5 Å². The van der Waals surface area contributed by atoms with Gasteiger partial charge in [0.05, 0.1) is 11.4 Å². The zero-order valence-corrected chi connectivity index (χ0v) is 11.3. The highest BCUT2D eigenvalue weighted by Gasteiger charge is 2.17. The van der Waals surface area contributed by atoms with Gasteiger partial charge < -0.3 is 9.64 Å². The number of amides is 1. The Kier molecular flexibility index (Phi) is 4.95. The second-order valence-electron chi connectivity index (χ2n) is 3.61. The molecule has 1 atom stereocenters. The smallest absolute Gasteiger partial charge is 0.274 e. The summed E-state index contributed by atoms with van der Waals surface area (Å²) in [7, 11) is 5.17. The van der Waals surface area contributed by atoms with E-state index >= 15 is 0 Å². The number of hydrogen-bond donors (Lipinski definition) is 0. The first-order valence-electron chi connectivity index (χ1n) is 4.92. The van der Waals surface area contributed by atoms with E-state index in [1.165, 1.54) is 0 Å². The van der Waals surface area contributed by atoms with Crippen LogP contribution in [-0.4, -0.2) is 52.7 Å². The molecule has 0 radical (unpaired) electrons. The monoisotopic (exact) mass is 289 g/mol. The molecule has 6 heteroatoms. The van der Waals surface area contributed by atoms with Gasteiger partial charge in [0.1, 0.15) is 5.69 Å². The van der Waals surface area contributed by atoms with Crippen molar-refractivity contribution in [1.29, 1.82) is 0 Å². The molecule has 1 aromatic rings. The number of hydrogen-bond acceptors (Lipinski definition) is 3. The van der Waals surface area contributed by atoms with E-state index in [9.17, 15) is 4.79 Å². The van der Waals surface area contributed by atoms with Gasteiger partial charge in [0.15, 0.2) is 0 Å². The van der Waals surface area contributed by atoms with Gasteiger partial charge in [-0.1, -0.05) is 15.9 Å². The highest BCUT2D eigenvalue weighted by atomic mass is 79.9. The molecule has 90 valence electrons. The molecule has 0 saturated heterocycles. The van der Waals surface area contributed by atoms with E-state index in [1.807, 2.05) is 0 Å². The van der Waals surface area contributed by atoms with Crippen molar-refractivity contribution < 1.29 is 9.53 Å². The molecule has 0 spiro atoms. The molecule has 1 amide bonds. The molecular formula is C10H16BrN3O2. The van der Waals surface area contributed by atoms with Crippen LogP contribution in [0.2, 0.25) is 0 Å². The molecule has 1 unspecified atom stereocenters. The summed E-state index contributed by atoms with van der Waals surface area (Å²) in [4.78, 5) is 13.6. The lowest BCUT2D eigenvalue weighted by Crippen LogP contribution is -2.34. The van der Waals surface area contributed by atoms with Crippen molar-refractivity contribution in [1.82, 2.24) is 14.7 Å². The Morgan fingerprint density at radius 3 is 2.94 bits per heavy atom. The van der Waals surface area contributed by atoms with Crippen molar-refractivity contribution in [3.8, 4) is 0 Å². The van der Waals surface area contributed by atoms with E-state index in [2.05, 4.69) is 21.0 Å². The molecule has 0 aliphatic heterocycles. The summed E-state index contributed by atoms with van der Waals surface area (Å²) < 4.78 is 6.60. The van der Waals surface area contributed by atoms with Crippen molar-refractivity contribution in [2.75, 3.05) is 27.3 Å². The average Bonchev–Trinajstić information content (AvgIpc) is 2.64. The third kappa shape index (κ3) is 3.61. The maximum atomic E-state index is 11.9. The van der Waals surface area contributed by atoms with Crippen LogP contribution in [0.4, 0.5) is 0 Å². The van der Waals surface area contributed by atoms with E-state index in [0.29, 0.717) is 18.8 Å². The van der Waals surface area contributed by atoms with Crippen molar-refractivity contribution >= 4 is 21.8 Å².